The molecule has 1 unspecified atom stereocenters. The Labute approximate surface area is 126 Å². The number of benzene rings is 1. The molecule has 0 aliphatic heterocycles. The van der Waals surface area contributed by atoms with Crippen molar-refractivity contribution >= 4 is 17.6 Å². The normalized spacial score (nSPS) is 13.0. The summed E-state index contributed by atoms with van der Waals surface area (Å²) in [4.78, 5) is 32.2. The van der Waals surface area contributed by atoms with Gasteiger partial charge in [0.15, 0.2) is 0 Å². The number of ether oxygens (including phenoxy) is 2. The van der Waals surface area contributed by atoms with E-state index in [1.807, 2.05) is 0 Å². The molecule has 1 rings (SSSR count). The predicted molar refractivity (Wildman–Crippen MR) is 75.6 cm³/mol. The average Bonchev–Trinajstić information content (AvgIpc) is 2.37. The van der Waals surface area contributed by atoms with Crippen molar-refractivity contribution in [2.24, 2.45) is 0 Å². The van der Waals surface area contributed by atoms with Crippen LogP contribution >= 0.6 is 0 Å². The number of carbonyl (C=O) groups is 2. The first kappa shape index (κ1) is 17.6. The zero-order valence-corrected chi connectivity index (χ0v) is 12.3. The maximum absolute atomic E-state index is 11.4. The Hall–Kier alpha value is -2.48. The van der Waals surface area contributed by atoms with Crippen LogP contribution in [0.5, 0.6) is 5.75 Å². The van der Waals surface area contributed by atoms with Gasteiger partial charge >= 0.3 is 6.16 Å². The van der Waals surface area contributed by atoms with E-state index in [2.05, 4.69) is 0 Å². The monoisotopic (exact) mass is 311 g/mol. The molecule has 0 radical (unpaired) electrons. The van der Waals surface area contributed by atoms with Gasteiger partial charge in [0.2, 0.25) is 0 Å². The van der Waals surface area contributed by atoms with Crippen LogP contribution in [0.1, 0.15) is 26.7 Å². The first-order chi connectivity index (χ1) is 10.2. The Morgan fingerprint density at radius 1 is 1.32 bits per heavy atom. The maximum Gasteiger partial charge on any atom is 0.513 e. The molecule has 1 aromatic carbocycles. The van der Waals surface area contributed by atoms with Gasteiger partial charge in [0.05, 0.1) is 17.1 Å². The second-order valence-electron chi connectivity index (χ2n) is 5.08. The first-order valence-corrected chi connectivity index (χ1v) is 6.50. The molecule has 0 amide bonds. The Morgan fingerprint density at radius 3 is 2.41 bits per heavy atom. The van der Waals surface area contributed by atoms with E-state index in [1.165, 1.54) is 38.1 Å². The van der Waals surface area contributed by atoms with Crippen LogP contribution in [-0.4, -0.2) is 34.2 Å². The number of nitro benzene ring substituents is 1. The highest BCUT2D eigenvalue weighted by atomic mass is 16.7. The van der Waals surface area contributed by atoms with Gasteiger partial charge in [-0.25, -0.2) is 4.79 Å². The van der Waals surface area contributed by atoms with Gasteiger partial charge in [0.1, 0.15) is 11.5 Å². The van der Waals surface area contributed by atoms with Crippen molar-refractivity contribution in [3.05, 3.63) is 34.4 Å². The van der Waals surface area contributed by atoms with Crippen molar-refractivity contribution in [1.29, 1.82) is 0 Å². The highest BCUT2D eigenvalue weighted by Crippen LogP contribution is 2.18. The van der Waals surface area contributed by atoms with Gasteiger partial charge in [-0.05, 0) is 26.0 Å². The van der Waals surface area contributed by atoms with Gasteiger partial charge in [-0.1, -0.05) is 0 Å². The summed E-state index contributed by atoms with van der Waals surface area (Å²) in [5, 5.41) is 20.3. The lowest BCUT2D eigenvalue weighted by atomic mass is 9.97. The zero-order valence-electron chi connectivity index (χ0n) is 12.3. The Bertz CT molecular complexity index is 551. The van der Waals surface area contributed by atoms with E-state index in [-0.39, 0.29) is 36.7 Å². The molecule has 0 bridgehead atoms. The van der Waals surface area contributed by atoms with Crippen molar-refractivity contribution in [2.75, 3.05) is 6.61 Å². The molecule has 0 saturated heterocycles. The Balaban J connectivity index is 2.40. The van der Waals surface area contributed by atoms with E-state index in [9.17, 15) is 24.8 Å². The fraction of sp³-hybridized carbons (Fsp3) is 0.429. The molecule has 1 N–H and O–H groups in total. The molecule has 0 fully saturated rings. The van der Waals surface area contributed by atoms with Gasteiger partial charge in [0, 0.05) is 25.0 Å². The SMILES string of the molecule is CC(=O)CC(C)(O)CCOC(=O)Oc1ccc([N+](=O)[O-])cc1. The zero-order chi connectivity index (χ0) is 16.8. The molecule has 0 aromatic heterocycles. The van der Waals surface area contributed by atoms with E-state index < -0.39 is 16.7 Å². The van der Waals surface area contributed by atoms with Crippen LogP contribution in [0.25, 0.3) is 0 Å². The summed E-state index contributed by atoms with van der Waals surface area (Å²) in [6.45, 7) is 2.71. The molecule has 1 aromatic rings. The van der Waals surface area contributed by atoms with Crippen molar-refractivity contribution < 1.29 is 29.1 Å². The van der Waals surface area contributed by atoms with Crippen molar-refractivity contribution in [1.82, 2.24) is 0 Å². The van der Waals surface area contributed by atoms with Gasteiger partial charge in [-0.3, -0.25) is 14.9 Å². The topological polar surface area (TPSA) is 116 Å². The van der Waals surface area contributed by atoms with Crippen molar-refractivity contribution in [3.63, 3.8) is 0 Å². The summed E-state index contributed by atoms with van der Waals surface area (Å²) in [7, 11) is 0. The molecule has 8 heteroatoms. The Kier molecular flexibility index (Phi) is 6.00. The van der Waals surface area contributed by atoms with Crippen LogP contribution < -0.4 is 4.74 Å². The molecule has 0 aliphatic carbocycles. The number of Topliss-reactive ketones (excluding diaryl/α,β-unsaturated/α-hetero) is 1. The standard InChI is InChI=1S/C14H17NO7/c1-10(16)9-14(2,18)7-8-21-13(17)22-12-5-3-11(4-6-12)15(19)20/h3-6,18H,7-9H2,1-2H3. The molecular weight excluding hydrogens is 294 g/mol. The molecule has 120 valence electrons. The molecule has 22 heavy (non-hydrogen) atoms. The number of nitro groups is 1. The number of non-ortho nitro benzene ring substituents is 1. The molecule has 0 heterocycles. The lowest BCUT2D eigenvalue weighted by molar-refractivity contribution is -0.384. The molecule has 0 spiro atoms. The summed E-state index contributed by atoms with van der Waals surface area (Å²) in [5.41, 5.74) is -1.37. The third kappa shape index (κ3) is 6.31. The van der Waals surface area contributed by atoms with Crippen molar-refractivity contribution in [2.45, 2.75) is 32.3 Å². The second-order valence-corrected chi connectivity index (χ2v) is 5.08. The number of rotatable bonds is 7. The Morgan fingerprint density at radius 2 is 1.91 bits per heavy atom. The first-order valence-electron chi connectivity index (χ1n) is 6.50. The predicted octanol–water partition coefficient (Wildman–Crippen LogP) is 2.23. The number of hydrogen-bond acceptors (Lipinski definition) is 7. The minimum absolute atomic E-state index is 0.0340. The quantitative estimate of drug-likeness (QED) is 0.355. The summed E-state index contributed by atoms with van der Waals surface area (Å²) in [6.07, 6.45) is -0.942. The van der Waals surface area contributed by atoms with Crippen LogP contribution in [0.15, 0.2) is 24.3 Å². The second kappa shape index (κ2) is 7.51. The van der Waals surface area contributed by atoms with Crippen LogP contribution in [0.3, 0.4) is 0 Å². The number of carbonyl (C=O) groups excluding carboxylic acids is 2. The van der Waals surface area contributed by atoms with Crippen LogP contribution in [0.2, 0.25) is 0 Å². The van der Waals surface area contributed by atoms with Crippen LogP contribution in [0, 0.1) is 10.1 Å². The summed E-state index contributed by atoms with van der Waals surface area (Å²) < 4.78 is 9.59. The lowest BCUT2D eigenvalue weighted by Crippen LogP contribution is -2.29. The van der Waals surface area contributed by atoms with Gasteiger partial charge in [-0.2, -0.15) is 0 Å². The summed E-state index contributed by atoms with van der Waals surface area (Å²) in [5.74, 6) is -0.0652. The molecule has 0 saturated carbocycles. The van der Waals surface area contributed by atoms with Crippen LogP contribution in [-0.2, 0) is 9.53 Å². The number of ketones is 1. The number of aliphatic hydroxyl groups is 1. The smallest absolute Gasteiger partial charge is 0.434 e. The molecule has 8 nitrogen and oxygen atoms in total. The van der Waals surface area contributed by atoms with Gasteiger partial charge in [-0.15, -0.1) is 0 Å². The van der Waals surface area contributed by atoms with E-state index in [1.54, 1.807) is 0 Å². The van der Waals surface area contributed by atoms with Gasteiger partial charge < -0.3 is 14.6 Å². The molecular formula is C14H17NO7. The minimum Gasteiger partial charge on any atom is -0.434 e. The average molecular weight is 311 g/mol. The van der Waals surface area contributed by atoms with E-state index in [0.29, 0.717) is 0 Å². The fourth-order valence-electron chi connectivity index (χ4n) is 1.74. The summed E-state index contributed by atoms with van der Waals surface area (Å²) >= 11 is 0. The maximum atomic E-state index is 11.4. The molecule has 0 aliphatic rings. The minimum atomic E-state index is -1.25. The highest BCUT2D eigenvalue weighted by Gasteiger charge is 2.23. The van der Waals surface area contributed by atoms with E-state index in [0.717, 1.165) is 0 Å². The summed E-state index contributed by atoms with van der Waals surface area (Å²) in [6, 6.07) is 4.93. The molecule has 1 atom stereocenters. The number of nitrogens with zero attached hydrogens (tertiary/aromatic N) is 1. The highest BCUT2D eigenvalue weighted by molar-refractivity contribution is 5.76. The largest absolute Gasteiger partial charge is 0.513 e. The van der Waals surface area contributed by atoms with E-state index >= 15 is 0 Å². The van der Waals surface area contributed by atoms with Crippen molar-refractivity contribution in [3.8, 4) is 5.75 Å². The lowest BCUT2D eigenvalue weighted by Gasteiger charge is -2.21. The number of hydrogen-bond donors (Lipinski definition) is 1. The third-order valence-electron chi connectivity index (χ3n) is 2.74. The van der Waals surface area contributed by atoms with Crippen LogP contribution in [0.4, 0.5) is 10.5 Å². The van der Waals surface area contributed by atoms with E-state index in [4.69, 9.17) is 9.47 Å². The van der Waals surface area contributed by atoms with Gasteiger partial charge in [0.25, 0.3) is 5.69 Å². The fourth-order valence-corrected chi connectivity index (χ4v) is 1.74. The third-order valence-corrected chi connectivity index (χ3v) is 2.74.